The molecule has 0 aliphatic carbocycles. The van der Waals surface area contributed by atoms with Crippen LogP contribution in [0.2, 0.25) is 0 Å². The number of imidazole rings is 1. The lowest BCUT2D eigenvalue weighted by Crippen LogP contribution is -2.37. The average molecular weight is 288 g/mol. The zero-order valence-electron chi connectivity index (χ0n) is 11.1. The van der Waals surface area contributed by atoms with Crippen LogP contribution >= 0.6 is 11.8 Å². The van der Waals surface area contributed by atoms with Crippen LogP contribution in [0.25, 0.3) is 11.3 Å². The predicted molar refractivity (Wildman–Crippen MR) is 81.6 cm³/mol. The van der Waals surface area contributed by atoms with Crippen molar-refractivity contribution >= 4 is 23.4 Å². The van der Waals surface area contributed by atoms with Gasteiger partial charge in [0.1, 0.15) is 5.82 Å². The topological polar surface area (TPSA) is 69.8 Å². The van der Waals surface area contributed by atoms with Gasteiger partial charge in [-0.1, -0.05) is 12.1 Å². The highest BCUT2D eigenvalue weighted by Crippen LogP contribution is 2.21. The number of carbonyl (C=O) groups excluding carboxylic acids is 1. The molecular weight excluding hydrogens is 272 g/mol. The molecule has 1 aromatic heterocycles. The summed E-state index contributed by atoms with van der Waals surface area (Å²) in [5, 5.41) is 6.11. The number of rotatable bonds is 3. The van der Waals surface area contributed by atoms with Crippen LogP contribution in [0.5, 0.6) is 0 Å². The number of nitrogens with zero attached hydrogens (tertiary/aromatic N) is 1. The maximum absolute atomic E-state index is 12.1. The number of nitrogens with one attached hydrogen (secondary N) is 3. The van der Waals surface area contributed by atoms with Crippen molar-refractivity contribution in [2.24, 2.45) is 0 Å². The van der Waals surface area contributed by atoms with Gasteiger partial charge in [0.05, 0.1) is 17.9 Å². The molecule has 0 bridgehead atoms. The van der Waals surface area contributed by atoms with Crippen LogP contribution in [0.4, 0.5) is 5.69 Å². The third-order valence-electron chi connectivity index (χ3n) is 3.18. The fourth-order valence-corrected chi connectivity index (χ4v) is 3.07. The lowest BCUT2D eigenvalue weighted by molar-refractivity contribution is -0.117. The highest BCUT2D eigenvalue weighted by molar-refractivity contribution is 7.99. The Hall–Kier alpha value is -1.79. The molecule has 3 N–H and O–H groups in total. The van der Waals surface area contributed by atoms with Crippen LogP contribution in [0.3, 0.4) is 0 Å². The number of benzene rings is 1. The number of H-pyrrole nitrogens is 1. The zero-order valence-corrected chi connectivity index (χ0v) is 12.0. The quantitative estimate of drug-likeness (QED) is 0.808. The van der Waals surface area contributed by atoms with Crippen molar-refractivity contribution in [3.05, 3.63) is 36.3 Å². The van der Waals surface area contributed by atoms with Gasteiger partial charge in [-0.25, -0.2) is 4.98 Å². The van der Waals surface area contributed by atoms with Gasteiger partial charge in [-0.2, -0.15) is 0 Å². The Kier molecular flexibility index (Phi) is 3.75. The Bertz CT molecular complexity index is 619. The van der Waals surface area contributed by atoms with Gasteiger partial charge < -0.3 is 10.3 Å². The van der Waals surface area contributed by atoms with Crippen molar-refractivity contribution in [2.75, 3.05) is 16.9 Å². The molecule has 20 heavy (non-hydrogen) atoms. The molecule has 0 radical (unpaired) electrons. The molecule has 6 heteroatoms. The number of carbonyl (C=O) groups is 1. The average Bonchev–Trinajstić information content (AvgIpc) is 3.10. The molecule has 1 saturated heterocycles. The predicted octanol–water partition coefficient (Wildman–Crippen LogP) is 1.99. The van der Waals surface area contributed by atoms with Gasteiger partial charge in [0, 0.05) is 22.9 Å². The Labute approximate surface area is 121 Å². The molecule has 1 amide bonds. The van der Waals surface area contributed by atoms with Crippen molar-refractivity contribution in [2.45, 2.75) is 13.0 Å². The minimum Gasteiger partial charge on any atom is -0.342 e. The van der Waals surface area contributed by atoms with Gasteiger partial charge >= 0.3 is 0 Å². The minimum absolute atomic E-state index is 0.0212. The van der Waals surface area contributed by atoms with Gasteiger partial charge in [-0.3, -0.25) is 10.1 Å². The summed E-state index contributed by atoms with van der Waals surface area (Å²) in [5.41, 5.74) is 2.77. The van der Waals surface area contributed by atoms with Crippen LogP contribution in [0.1, 0.15) is 5.82 Å². The smallest absolute Gasteiger partial charge is 0.242 e. The summed E-state index contributed by atoms with van der Waals surface area (Å²) < 4.78 is 0. The van der Waals surface area contributed by atoms with Crippen molar-refractivity contribution in [3.8, 4) is 11.3 Å². The minimum atomic E-state index is -0.0990. The van der Waals surface area contributed by atoms with E-state index in [-0.39, 0.29) is 11.9 Å². The Morgan fingerprint density at radius 2 is 2.40 bits per heavy atom. The second-order valence-electron chi connectivity index (χ2n) is 4.72. The molecule has 104 valence electrons. The molecule has 0 spiro atoms. The van der Waals surface area contributed by atoms with Gasteiger partial charge in [0.2, 0.25) is 5.91 Å². The third kappa shape index (κ3) is 2.86. The van der Waals surface area contributed by atoms with E-state index in [1.165, 1.54) is 0 Å². The molecule has 3 rings (SSSR count). The summed E-state index contributed by atoms with van der Waals surface area (Å²) in [7, 11) is 0. The van der Waals surface area contributed by atoms with Gasteiger partial charge in [-0.05, 0) is 19.1 Å². The van der Waals surface area contributed by atoms with Crippen molar-refractivity contribution in [1.82, 2.24) is 15.3 Å². The number of aromatic amines is 1. The van der Waals surface area contributed by atoms with E-state index in [1.54, 1.807) is 18.0 Å². The second-order valence-corrected chi connectivity index (χ2v) is 5.75. The molecule has 1 atom stereocenters. The molecular formula is C14H16N4OS. The maximum Gasteiger partial charge on any atom is 0.242 e. The summed E-state index contributed by atoms with van der Waals surface area (Å²) >= 11 is 1.74. The van der Waals surface area contributed by atoms with Crippen LogP contribution in [-0.4, -0.2) is 33.5 Å². The first kappa shape index (κ1) is 13.2. The highest BCUT2D eigenvalue weighted by Gasteiger charge is 2.22. The van der Waals surface area contributed by atoms with E-state index in [1.807, 2.05) is 31.2 Å². The molecule has 5 nitrogen and oxygen atoms in total. The van der Waals surface area contributed by atoms with Gasteiger partial charge in [0.15, 0.2) is 0 Å². The number of aromatic nitrogens is 2. The number of aryl methyl sites for hydroxylation is 1. The SMILES string of the molecule is Cc1ncc(-c2cccc(NC(=O)C3CSCN3)c2)[nH]1. The van der Waals surface area contributed by atoms with E-state index < -0.39 is 0 Å². The fourth-order valence-electron chi connectivity index (χ4n) is 2.12. The number of hydrogen-bond donors (Lipinski definition) is 3. The van der Waals surface area contributed by atoms with Crippen molar-refractivity contribution in [1.29, 1.82) is 0 Å². The van der Waals surface area contributed by atoms with Crippen molar-refractivity contribution in [3.63, 3.8) is 0 Å². The van der Waals surface area contributed by atoms with Gasteiger partial charge in [0.25, 0.3) is 0 Å². The Balaban J connectivity index is 1.75. The first-order valence-corrected chi connectivity index (χ1v) is 7.62. The molecule has 0 saturated carbocycles. The third-order valence-corrected chi connectivity index (χ3v) is 4.12. The van der Waals surface area contributed by atoms with Crippen LogP contribution < -0.4 is 10.6 Å². The molecule has 1 unspecified atom stereocenters. The normalized spacial score (nSPS) is 18.1. The monoisotopic (exact) mass is 288 g/mol. The molecule has 2 aromatic rings. The van der Waals surface area contributed by atoms with Gasteiger partial charge in [-0.15, -0.1) is 11.8 Å². The number of hydrogen-bond acceptors (Lipinski definition) is 4. The number of anilines is 1. The van der Waals surface area contributed by atoms with Crippen LogP contribution in [0, 0.1) is 6.92 Å². The summed E-state index contributed by atoms with van der Waals surface area (Å²) in [5.74, 6) is 2.56. The van der Waals surface area contributed by atoms with E-state index in [9.17, 15) is 4.79 Å². The Morgan fingerprint density at radius 3 is 3.10 bits per heavy atom. The summed E-state index contributed by atoms with van der Waals surface area (Å²) in [6.07, 6.45) is 1.80. The molecule has 1 aliphatic heterocycles. The molecule has 1 aliphatic rings. The first-order valence-electron chi connectivity index (χ1n) is 6.46. The fraction of sp³-hybridized carbons (Fsp3) is 0.286. The molecule has 1 aromatic carbocycles. The Morgan fingerprint density at radius 1 is 1.50 bits per heavy atom. The lowest BCUT2D eigenvalue weighted by Gasteiger charge is -2.11. The van der Waals surface area contributed by atoms with E-state index >= 15 is 0 Å². The van der Waals surface area contributed by atoms with E-state index in [4.69, 9.17) is 0 Å². The summed E-state index contributed by atoms with van der Waals surface area (Å²) in [4.78, 5) is 19.4. The number of thioether (sulfide) groups is 1. The van der Waals surface area contributed by atoms with Crippen LogP contribution in [0.15, 0.2) is 30.5 Å². The zero-order chi connectivity index (χ0) is 13.9. The van der Waals surface area contributed by atoms with Crippen molar-refractivity contribution < 1.29 is 4.79 Å². The summed E-state index contributed by atoms with van der Waals surface area (Å²) in [6.45, 7) is 1.92. The first-order chi connectivity index (χ1) is 9.72. The lowest BCUT2D eigenvalue weighted by atomic mass is 10.1. The van der Waals surface area contributed by atoms with Crippen LogP contribution in [-0.2, 0) is 4.79 Å². The van der Waals surface area contributed by atoms with E-state index in [0.29, 0.717) is 0 Å². The largest absolute Gasteiger partial charge is 0.342 e. The second kappa shape index (κ2) is 5.68. The maximum atomic E-state index is 12.1. The van der Waals surface area contributed by atoms with E-state index in [0.717, 1.165) is 34.4 Å². The molecule has 1 fully saturated rings. The summed E-state index contributed by atoms with van der Waals surface area (Å²) in [6, 6.07) is 7.67. The number of amides is 1. The highest BCUT2D eigenvalue weighted by atomic mass is 32.2. The standard InChI is InChI=1S/C14H16N4OS/c1-9-15-6-12(17-9)10-3-2-4-11(5-10)18-14(19)13-7-20-8-16-13/h2-6,13,16H,7-8H2,1H3,(H,15,17)(H,18,19). The van der Waals surface area contributed by atoms with E-state index in [2.05, 4.69) is 20.6 Å². The molecule has 2 heterocycles.